The second-order valence-corrected chi connectivity index (χ2v) is 5.17. The van der Waals surface area contributed by atoms with Crippen LogP contribution in [0.15, 0.2) is 23.5 Å². The summed E-state index contributed by atoms with van der Waals surface area (Å²) in [7, 11) is 0. The predicted molar refractivity (Wildman–Crippen MR) is 76.5 cm³/mol. The minimum atomic E-state index is 0.0254. The van der Waals surface area contributed by atoms with Crippen LogP contribution in [0.5, 0.6) is 0 Å². The molecule has 1 unspecified atom stereocenters. The highest BCUT2D eigenvalue weighted by Gasteiger charge is 2.21. The number of amidine groups is 1. The fourth-order valence-electron chi connectivity index (χ4n) is 2.74. The van der Waals surface area contributed by atoms with Gasteiger partial charge in [0.15, 0.2) is 5.84 Å². The number of nitrogens with two attached hydrogens (primary N) is 1. The predicted octanol–water partition coefficient (Wildman–Crippen LogP) is 0.913. The molecule has 6 heteroatoms. The van der Waals surface area contributed by atoms with Gasteiger partial charge in [-0.1, -0.05) is 11.6 Å². The first-order valence-electron chi connectivity index (χ1n) is 7.02. The number of pyridine rings is 1. The summed E-state index contributed by atoms with van der Waals surface area (Å²) >= 11 is 0. The Kier molecular flexibility index (Phi) is 5.31. The largest absolute Gasteiger partial charge is 0.409 e. The first-order valence-corrected chi connectivity index (χ1v) is 7.02. The van der Waals surface area contributed by atoms with Crippen LogP contribution in [0.25, 0.3) is 0 Å². The maximum absolute atomic E-state index is 9.15. The van der Waals surface area contributed by atoms with Gasteiger partial charge >= 0.3 is 0 Å². The molecule has 20 heavy (non-hydrogen) atoms. The van der Waals surface area contributed by atoms with Gasteiger partial charge in [-0.3, -0.25) is 9.88 Å². The lowest BCUT2D eigenvalue weighted by Crippen LogP contribution is -2.39. The second kappa shape index (κ2) is 7.21. The number of aromatic nitrogens is 1. The molecule has 1 aliphatic heterocycles. The molecule has 2 rings (SSSR count). The summed E-state index contributed by atoms with van der Waals surface area (Å²) in [5.41, 5.74) is 7.14. The Balaban J connectivity index is 2.08. The van der Waals surface area contributed by atoms with Crippen LogP contribution >= 0.6 is 0 Å². The number of hydrogen-bond donors (Lipinski definition) is 3. The first kappa shape index (κ1) is 14.7. The van der Waals surface area contributed by atoms with Gasteiger partial charge in [0.05, 0.1) is 0 Å². The van der Waals surface area contributed by atoms with Crippen LogP contribution in [0.2, 0.25) is 0 Å². The van der Waals surface area contributed by atoms with E-state index in [4.69, 9.17) is 16.0 Å². The molecule has 1 aromatic rings. The van der Waals surface area contributed by atoms with E-state index in [2.05, 4.69) is 15.0 Å². The summed E-state index contributed by atoms with van der Waals surface area (Å²) in [5.74, 6) is 0.0254. The highest BCUT2D eigenvalue weighted by atomic mass is 16.4. The van der Waals surface area contributed by atoms with E-state index in [0.29, 0.717) is 11.7 Å². The van der Waals surface area contributed by atoms with Gasteiger partial charge in [0.1, 0.15) is 5.69 Å². The molecule has 110 valence electrons. The molecule has 1 saturated heterocycles. The van der Waals surface area contributed by atoms with Crippen LogP contribution in [-0.2, 0) is 6.54 Å². The summed E-state index contributed by atoms with van der Waals surface area (Å²) in [6, 6.07) is 4.23. The van der Waals surface area contributed by atoms with Crippen molar-refractivity contribution in [2.75, 3.05) is 13.2 Å². The summed E-state index contributed by atoms with van der Waals surface area (Å²) in [6.45, 7) is 2.08. The van der Waals surface area contributed by atoms with Crippen molar-refractivity contribution in [3.05, 3.63) is 29.6 Å². The topological polar surface area (TPSA) is 95.0 Å². The summed E-state index contributed by atoms with van der Waals surface area (Å²) < 4.78 is 0. The highest BCUT2D eigenvalue weighted by molar-refractivity contribution is 5.95. The third kappa shape index (κ3) is 3.68. The molecule has 0 bridgehead atoms. The summed E-state index contributed by atoms with van der Waals surface area (Å²) in [6.07, 6.45) is 6.05. The van der Waals surface area contributed by atoms with Crippen LogP contribution in [0, 0.1) is 0 Å². The lowest BCUT2D eigenvalue weighted by molar-refractivity contribution is 0.112. The van der Waals surface area contributed by atoms with Gasteiger partial charge in [-0.05, 0) is 43.5 Å². The van der Waals surface area contributed by atoms with E-state index >= 15 is 0 Å². The third-order valence-corrected chi connectivity index (χ3v) is 3.79. The minimum absolute atomic E-state index is 0.0254. The number of aliphatic hydroxyl groups excluding tert-OH is 1. The average molecular weight is 278 g/mol. The number of aliphatic hydroxyl groups is 1. The Morgan fingerprint density at radius 2 is 2.35 bits per heavy atom. The third-order valence-electron chi connectivity index (χ3n) is 3.79. The molecular formula is C14H22N4O2. The van der Waals surface area contributed by atoms with Crippen molar-refractivity contribution in [2.45, 2.75) is 38.3 Å². The van der Waals surface area contributed by atoms with Crippen molar-refractivity contribution in [2.24, 2.45) is 10.9 Å². The monoisotopic (exact) mass is 278 g/mol. The van der Waals surface area contributed by atoms with Crippen molar-refractivity contribution < 1.29 is 10.3 Å². The van der Waals surface area contributed by atoms with Crippen LogP contribution in [0.3, 0.4) is 0 Å². The molecule has 1 atom stereocenters. The number of piperidine rings is 1. The Labute approximate surface area is 118 Å². The van der Waals surface area contributed by atoms with Gasteiger partial charge in [-0.15, -0.1) is 0 Å². The quantitative estimate of drug-likeness (QED) is 0.322. The molecule has 0 amide bonds. The first-order chi connectivity index (χ1) is 9.74. The molecular weight excluding hydrogens is 256 g/mol. The van der Waals surface area contributed by atoms with Crippen LogP contribution in [0.1, 0.15) is 36.9 Å². The average Bonchev–Trinajstić information content (AvgIpc) is 2.49. The van der Waals surface area contributed by atoms with Crippen LogP contribution in [0.4, 0.5) is 0 Å². The van der Waals surface area contributed by atoms with Gasteiger partial charge < -0.3 is 16.0 Å². The highest BCUT2D eigenvalue weighted by Crippen LogP contribution is 2.21. The molecule has 2 heterocycles. The van der Waals surface area contributed by atoms with Crippen LogP contribution < -0.4 is 5.73 Å². The van der Waals surface area contributed by atoms with E-state index in [-0.39, 0.29) is 12.4 Å². The maximum Gasteiger partial charge on any atom is 0.188 e. The smallest absolute Gasteiger partial charge is 0.188 e. The molecule has 0 spiro atoms. The summed E-state index contributed by atoms with van der Waals surface area (Å²) in [5, 5.41) is 20.8. The minimum Gasteiger partial charge on any atom is -0.409 e. The lowest BCUT2D eigenvalue weighted by atomic mass is 9.99. The maximum atomic E-state index is 9.15. The number of oxime groups is 1. The fourth-order valence-corrected chi connectivity index (χ4v) is 2.74. The van der Waals surface area contributed by atoms with Crippen molar-refractivity contribution >= 4 is 5.84 Å². The van der Waals surface area contributed by atoms with E-state index in [1.165, 1.54) is 12.8 Å². The van der Waals surface area contributed by atoms with Gasteiger partial charge in [0.2, 0.25) is 0 Å². The zero-order valence-corrected chi connectivity index (χ0v) is 11.6. The van der Waals surface area contributed by atoms with Gasteiger partial charge in [0.25, 0.3) is 0 Å². The van der Waals surface area contributed by atoms with E-state index in [1.807, 2.05) is 12.1 Å². The molecule has 4 N–H and O–H groups in total. The molecule has 1 fully saturated rings. The Morgan fingerprint density at radius 1 is 1.50 bits per heavy atom. The Morgan fingerprint density at radius 3 is 3.10 bits per heavy atom. The van der Waals surface area contributed by atoms with E-state index in [0.717, 1.165) is 31.5 Å². The Hall–Kier alpha value is -1.66. The number of likely N-dealkylation sites (tertiary alicyclic amines) is 1. The molecule has 0 saturated carbocycles. The molecule has 0 aromatic carbocycles. The fraction of sp³-hybridized carbons (Fsp3) is 0.571. The Bertz CT molecular complexity index is 462. The lowest BCUT2D eigenvalue weighted by Gasteiger charge is -2.35. The van der Waals surface area contributed by atoms with Gasteiger partial charge in [-0.2, -0.15) is 0 Å². The number of hydrogen-bond acceptors (Lipinski definition) is 5. The van der Waals surface area contributed by atoms with E-state index in [9.17, 15) is 0 Å². The SMILES string of the molecule is NC(=NO)c1cc(CN2CCCCC2CCO)ccn1. The van der Waals surface area contributed by atoms with Gasteiger partial charge in [-0.25, -0.2) is 0 Å². The summed E-state index contributed by atoms with van der Waals surface area (Å²) in [4.78, 5) is 6.48. The van der Waals surface area contributed by atoms with E-state index < -0.39 is 0 Å². The molecule has 1 aromatic heterocycles. The van der Waals surface area contributed by atoms with Crippen LogP contribution in [-0.4, -0.2) is 45.2 Å². The molecule has 1 aliphatic rings. The van der Waals surface area contributed by atoms with Crippen molar-refractivity contribution in [3.8, 4) is 0 Å². The molecule has 0 radical (unpaired) electrons. The van der Waals surface area contributed by atoms with Gasteiger partial charge in [0, 0.05) is 25.4 Å². The second-order valence-electron chi connectivity index (χ2n) is 5.17. The van der Waals surface area contributed by atoms with E-state index in [1.54, 1.807) is 6.20 Å². The number of rotatable bonds is 5. The molecule has 0 aliphatic carbocycles. The zero-order valence-electron chi connectivity index (χ0n) is 11.6. The zero-order chi connectivity index (χ0) is 14.4. The van der Waals surface area contributed by atoms with Crippen molar-refractivity contribution in [3.63, 3.8) is 0 Å². The number of nitrogens with zero attached hydrogens (tertiary/aromatic N) is 3. The normalized spacial score (nSPS) is 21.1. The van der Waals surface area contributed by atoms with Crippen molar-refractivity contribution in [1.82, 2.24) is 9.88 Å². The molecule has 6 nitrogen and oxygen atoms in total. The standard InChI is InChI=1S/C14H22N4O2/c15-14(17-20)13-9-11(4-6-16-13)10-18-7-2-1-3-12(18)5-8-19/h4,6,9,12,19-20H,1-3,5,7-8,10H2,(H2,15,17). The van der Waals surface area contributed by atoms with Crippen molar-refractivity contribution in [1.29, 1.82) is 0 Å².